The predicted octanol–water partition coefficient (Wildman–Crippen LogP) is 2.90. The van der Waals surface area contributed by atoms with Crippen LogP contribution in [0.5, 0.6) is 5.75 Å². The van der Waals surface area contributed by atoms with Gasteiger partial charge < -0.3 is 14.7 Å². The Balaban J connectivity index is 1.59. The van der Waals surface area contributed by atoms with Crippen LogP contribution in [0.2, 0.25) is 0 Å². The van der Waals surface area contributed by atoms with Crippen LogP contribution in [0.15, 0.2) is 24.3 Å². The topological polar surface area (TPSA) is 66.8 Å². The summed E-state index contributed by atoms with van der Waals surface area (Å²) in [5.41, 5.74) is 1.17. The van der Waals surface area contributed by atoms with Gasteiger partial charge in [0.1, 0.15) is 5.75 Å². The highest BCUT2D eigenvalue weighted by atomic mass is 16.5. The normalized spacial score (nSPS) is 27.0. The van der Waals surface area contributed by atoms with E-state index in [2.05, 4.69) is 6.07 Å². The molecule has 1 saturated heterocycles. The minimum Gasteiger partial charge on any atom is -0.496 e. The molecule has 1 N–H and O–H groups in total. The highest BCUT2D eigenvalue weighted by Crippen LogP contribution is 2.36. The van der Waals surface area contributed by atoms with Gasteiger partial charge in [-0.3, -0.25) is 9.59 Å². The fraction of sp³-hybridized carbons (Fsp3) is 0.579. The molecule has 1 unspecified atom stereocenters. The van der Waals surface area contributed by atoms with Gasteiger partial charge in [0.05, 0.1) is 13.0 Å². The monoisotopic (exact) mass is 331 g/mol. The van der Waals surface area contributed by atoms with Crippen molar-refractivity contribution in [2.45, 2.75) is 38.0 Å². The molecule has 1 saturated carbocycles. The second-order valence-corrected chi connectivity index (χ2v) is 6.90. The van der Waals surface area contributed by atoms with E-state index in [1.54, 1.807) is 7.11 Å². The number of likely N-dealkylation sites (tertiary alicyclic amines) is 1. The Bertz CT molecular complexity index is 607. The quantitative estimate of drug-likeness (QED) is 0.921. The molecule has 0 radical (unpaired) electrons. The number of methoxy groups -OCH3 is 1. The van der Waals surface area contributed by atoms with E-state index in [4.69, 9.17) is 9.84 Å². The summed E-state index contributed by atoms with van der Waals surface area (Å²) in [6, 6.07) is 8.01. The van der Waals surface area contributed by atoms with E-state index < -0.39 is 5.97 Å². The molecule has 130 valence electrons. The number of aliphatic carboxylic acids is 1. The van der Waals surface area contributed by atoms with Crippen molar-refractivity contribution in [1.29, 1.82) is 0 Å². The van der Waals surface area contributed by atoms with Gasteiger partial charge in [-0.05, 0) is 43.7 Å². The third-order valence-corrected chi connectivity index (χ3v) is 5.50. The van der Waals surface area contributed by atoms with Crippen molar-refractivity contribution in [3.63, 3.8) is 0 Å². The molecule has 1 heterocycles. The van der Waals surface area contributed by atoms with E-state index in [1.807, 2.05) is 23.1 Å². The Morgan fingerprint density at radius 1 is 1.08 bits per heavy atom. The lowest BCUT2D eigenvalue weighted by molar-refractivity contribution is -0.145. The van der Waals surface area contributed by atoms with Crippen molar-refractivity contribution in [3.8, 4) is 5.75 Å². The Labute approximate surface area is 142 Å². The summed E-state index contributed by atoms with van der Waals surface area (Å²) in [6.07, 6.45) is 3.60. The number of hydrogen-bond acceptors (Lipinski definition) is 3. The first-order chi connectivity index (χ1) is 11.6. The van der Waals surface area contributed by atoms with Crippen LogP contribution in [0.3, 0.4) is 0 Å². The average molecular weight is 331 g/mol. The van der Waals surface area contributed by atoms with Crippen molar-refractivity contribution < 1.29 is 19.4 Å². The second-order valence-electron chi connectivity index (χ2n) is 6.90. The number of carboxylic acids is 1. The molecule has 5 nitrogen and oxygen atoms in total. The minimum absolute atomic E-state index is 0.00276. The van der Waals surface area contributed by atoms with Gasteiger partial charge in [-0.15, -0.1) is 0 Å². The molecule has 1 atom stereocenters. The van der Waals surface area contributed by atoms with E-state index in [-0.39, 0.29) is 17.7 Å². The third kappa shape index (κ3) is 3.40. The Morgan fingerprint density at radius 3 is 2.42 bits per heavy atom. The van der Waals surface area contributed by atoms with Gasteiger partial charge in [0.15, 0.2) is 0 Å². The van der Waals surface area contributed by atoms with Crippen LogP contribution in [0.25, 0.3) is 0 Å². The van der Waals surface area contributed by atoms with Crippen LogP contribution in [0, 0.1) is 11.8 Å². The predicted molar refractivity (Wildman–Crippen MR) is 90.0 cm³/mol. The molecular formula is C19H25NO4. The average Bonchev–Trinajstić information content (AvgIpc) is 3.11. The van der Waals surface area contributed by atoms with E-state index in [0.29, 0.717) is 31.6 Å². The molecule has 1 aromatic carbocycles. The zero-order chi connectivity index (χ0) is 17.1. The van der Waals surface area contributed by atoms with Crippen molar-refractivity contribution in [1.82, 2.24) is 4.90 Å². The molecule has 24 heavy (non-hydrogen) atoms. The maximum atomic E-state index is 12.8. The molecule has 3 rings (SSSR count). The molecule has 1 aromatic rings. The van der Waals surface area contributed by atoms with Crippen LogP contribution >= 0.6 is 0 Å². The molecule has 1 aliphatic heterocycles. The molecule has 2 aliphatic rings. The number of nitrogens with zero attached hydrogens (tertiary/aromatic N) is 1. The van der Waals surface area contributed by atoms with Crippen molar-refractivity contribution in [3.05, 3.63) is 29.8 Å². The van der Waals surface area contributed by atoms with E-state index in [0.717, 1.165) is 25.3 Å². The molecule has 0 spiro atoms. The van der Waals surface area contributed by atoms with Gasteiger partial charge in [0.2, 0.25) is 5.91 Å². The van der Waals surface area contributed by atoms with Gasteiger partial charge in [-0.25, -0.2) is 0 Å². The zero-order valence-corrected chi connectivity index (χ0v) is 14.1. The first-order valence-corrected chi connectivity index (χ1v) is 8.74. The number of benzene rings is 1. The smallest absolute Gasteiger partial charge is 0.306 e. The molecule has 0 bridgehead atoms. The number of rotatable bonds is 4. The number of ether oxygens (including phenoxy) is 1. The number of carbonyl (C=O) groups is 2. The standard InChI is InChI=1S/C19H25NO4/c1-24-17-5-3-2-4-16(17)15-10-11-20(12-15)18(21)13-6-8-14(9-7-13)19(22)23/h2-5,13-15H,6-12H2,1H3,(H,22,23). The lowest BCUT2D eigenvalue weighted by Crippen LogP contribution is -2.37. The fourth-order valence-electron chi connectivity index (χ4n) is 4.06. The van der Waals surface area contributed by atoms with E-state index in [1.165, 1.54) is 5.56 Å². The second kappa shape index (κ2) is 7.24. The molecule has 5 heteroatoms. The van der Waals surface area contributed by atoms with Gasteiger partial charge in [0, 0.05) is 24.9 Å². The zero-order valence-electron chi connectivity index (χ0n) is 14.1. The minimum atomic E-state index is -0.724. The Morgan fingerprint density at radius 2 is 1.75 bits per heavy atom. The van der Waals surface area contributed by atoms with Crippen LogP contribution in [0.4, 0.5) is 0 Å². The number of carboxylic acid groups (broad SMARTS) is 1. The molecule has 1 aliphatic carbocycles. The van der Waals surface area contributed by atoms with Crippen LogP contribution < -0.4 is 4.74 Å². The maximum absolute atomic E-state index is 12.8. The van der Waals surface area contributed by atoms with Gasteiger partial charge >= 0.3 is 5.97 Å². The van der Waals surface area contributed by atoms with E-state index in [9.17, 15) is 9.59 Å². The molecular weight excluding hydrogens is 306 g/mol. The highest BCUT2D eigenvalue weighted by molar-refractivity contribution is 5.80. The summed E-state index contributed by atoms with van der Waals surface area (Å²) in [6.45, 7) is 1.51. The number of para-hydroxylation sites is 1. The van der Waals surface area contributed by atoms with Gasteiger partial charge in [0.25, 0.3) is 0 Å². The molecule has 1 amide bonds. The summed E-state index contributed by atoms with van der Waals surface area (Å²) in [7, 11) is 1.68. The van der Waals surface area contributed by atoms with Crippen LogP contribution in [-0.4, -0.2) is 42.1 Å². The SMILES string of the molecule is COc1ccccc1C1CCN(C(=O)C2CCC(C(=O)O)CC2)C1. The highest BCUT2D eigenvalue weighted by Gasteiger charge is 2.35. The van der Waals surface area contributed by atoms with Crippen molar-refractivity contribution >= 4 is 11.9 Å². The van der Waals surface area contributed by atoms with Crippen molar-refractivity contribution in [2.24, 2.45) is 11.8 Å². The third-order valence-electron chi connectivity index (χ3n) is 5.50. The summed E-state index contributed by atoms with van der Waals surface area (Å²) >= 11 is 0. The number of amides is 1. The summed E-state index contributed by atoms with van der Waals surface area (Å²) < 4.78 is 5.44. The molecule has 2 fully saturated rings. The summed E-state index contributed by atoms with van der Waals surface area (Å²) in [5.74, 6) is 0.416. The number of hydrogen-bond donors (Lipinski definition) is 1. The fourth-order valence-corrected chi connectivity index (χ4v) is 4.06. The van der Waals surface area contributed by atoms with Crippen LogP contribution in [-0.2, 0) is 9.59 Å². The first kappa shape index (κ1) is 16.8. The first-order valence-electron chi connectivity index (χ1n) is 8.74. The number of carbonyl (C=O) groups excluding carboxylic acids is 1. The molecule has 0 aromatic heterocycles. The maximum Gasteiger partial charge on any atom is 0.306 e. The lowest BCUT2D eigenvalue weighted by atomic mass is 9.81. The summed E-state index contributed by atoms with van der Waals surface area (Å²) in [4.78, 5) is 25.8. The van der Waals surface area contributed by atoms with Gasteiger partial charge in [-0.1, -0.05) is 18.2 Å². The van der Waals surface area contributed by atoms with E-state index >= 15 is 0 Å². The van der Waals surface area contributed by atoms with Gasteiger partial charge in [-0.2, -0.15) is 0 Å². The Hall–Kier alpha value is -2.04. The Kier molecular flexibility index (Phi) is 5.07. The van der Waals surface area contributed by atoms with Crippen molar-refractivity contribution in [2.75, 3.05) is 20.2 Å². The lowest BCUT2D eigenvalue weighted by Gasteiger charge is -2.29. The van der Waals surface area contributed by atoms with Crippen LogP contribution in [0.1, 0.15) is 43.6 Å². The summed E-state index contributed by atoms with van der Waals surface area (Å²) in [5, 5.41) is 9.08. The largest absolute Gasteiger partial charge is 0.496 e.